The lowest BCUT2D eigenvalue weighted by molar-refractivity contribution is -0.137. The summed E-state index contributed by atoms with van der Waals surface area (Å²) in [7, 11) is -3.24. The zero-order valence-electron chi connectivity index (χ0n) is 36.4. The number of carbonyl (C=O) groups excluding carboxylic acids is 3. The number of rotatable bonds is 14. The third kappa shape index (κ3) is 10.4. The number of hydrogen-bond donors (Lipinski definition) is 1. The molecule has 0 saturated carbocycles. The molecular weight excluding hydrogens is 875 g/mol. The third-order valence-electron chi connectivity index (χ3n) is 12.7. The second kappa shape index (κ2) is 19.9. The third-order valence-corrected chi connectivity index (χ3v) is 16.3. The van der Waals surface area contributed by atoms with Gasteiger partial charge in [-0.15, -0.1) is 22.7 Å². The Kier molecular flexibility index (Phi) is 13.6. The standard InChI is InChI=1S/C50H53N7O5S3/c1-65(61,62)55-30-28-54(29-31-55)27-24-45(58)53-47(40-12-6-3-7-13-40)50(60)57-26-9-15-42(57)49-52-34-44(64-49)39-22-18-37(19-23-39)36-16-20-38(21-17-36)43-33-51-48(63-43)41-14-8-25-56(41)46(59)32-35-10-4-2-5-11-35/h2-7,10-13,16-23,33-34,41-42,47H,8-9,14-15,24-32H2,1H3,(H,53,58)/t41-,42-,47+/m0/s1. The Morgan fingerprint density at radius 3 is 1.72 bits per heavy atom. The van der Waals surface area contributed by atoms with Crippen LogP contribution in [0.5, 0.6) is 0 Å². The zero-order chi connectivity index (χ0) is 44.9. The summed E-state index contributed by atoms with van der Waals surface area (Å²) in [6.45, 7) is 3.75. The van der Waals surface area contributed by atoms with Gasteiger partial charge in [0.05, 0.1) is 34.5 Å². The van der Waals surface area contributed by atoms with Gasteiger partial charge in [-0.25, -0.2) is 18.4 Å². The summed E-state index contributed by atoms with van der Waals surface area (Å²) < 4.78 is 25.3. The van der Waals surface area contributed by atoms with Crippen LogP contribution in [-0.4, -0.2) is 107 Å². The molecule has 9 rings (SSSR count). The zero-order valence-corrected chi connectivity index (χ0v) is 38.9. The van der Waals surface area contributed by atoms with E-state index in [-0.39, 0.29) is 36.2 Å². The van der Waals surface area contributed by atoms with Gasteiger partial charge in [-0.1, -0.05) is 109 Å². The summed E-state index contributed by atoms with van der Waals surface area (Å²) >= 11 is 3.27. The molecule has 3 amide bonds. The van der Waals surface area contributed by atoms with Crippen LogP contribution in [0, 0.1) is 0 Å². The Balaban J connectivity index is 0.819. The SMILES string of the molecule is CS(=O)(=O)N1CCN(CCC(=O)N[C@@H](C(=O)N2CCC[C@H]2c2ncc(-c3ccc(-c4ccc(-c5cnc([C@@H]6CCCN6C(=O)Cc6ccccc6)s5)cc4)cc3)s2)c2ccccc2)CC1. The van der Waals surface area contributed by atoms with Gasteiger partial charge in [0.25, 0.3) is 0 Å². The molecule has 4 aromatic carbocycles. The highest BCUT2D eigenvalue weighted by molar-refractivity contribution is 7.88. The Morgan fingerprint density at radius 1 is 0.662 bits per heavy atom. The van der Waals surface area contributed by atoms with Gasteiger partial charge in [0.1, 0.15) is 16.1 Å². The first-order chi connectivity index (χ1) is 31.6. The van der Waals surface area contributed by atoms with E-state index in [1.165, 1.54) is 10.6 Å². The fourth-order valence-electron chi connectivity index (χ4n) is 9.16. The maximum atomic E-state index is 14.4. The van der Waals surface area contributed by atoms with Crippen molar-refractivity contribution >= 4 is 50.4 Å². The minimum Gasteiger partial charge on any atom is -0.340 e. The van der Waals surface area contributed by atoms with E-state index in [2.05, 4.69) is 58.7 Å². The molecule has 336 valence electrons. The minimum absolute atomic E-state index is 0.0200. The summed E-state index contributed by atoms with van der Waals surface area (Å²) in [5.74, 6) is -0.219. The van der Waals surface area contributed by atoms with Crippen molar-refractivity contribution in [1.29, 1.82) is 0 Å². The molecule has 15 heteroatoms. The molecule has 65 heavy (non-hydrogen) atoms. The van der Waals surface area contributed by atoms with Crippen molar-refractivity contribution in [2.75, 3.05) is 52.1 Å². The molecule has 5 heterocycles. The number of nitrogens with one attached hydrogen (secondary N) is 1. The van der Waals surface area contributed by atoms with E-state index in [1.54, 1.807) is 22.7 Å². The second-order valence-electron chi connectivity index (χ2n) is 17.0. The van der Waals surface area contributed by atoms with Crippen molar-refractivity contribution < 1.29 is 22.8 Å². The van der Waals surface area contributed by atoms with Gasteiger partial charge in [0.2, 0.25) is 27.7 Å². The molecule has 3 atom stereocenters. The van der Waals surface area contributed by atoms with Crippen molar-refractivity contribution in [3.63, 3.8) is 0 Å². The summed E-state index contributed by atoms with van der Waals surface area (Å²) in [6, 6.07) is 35.4. The molecule has 3 saturated heterocycles. The predicted molar refractivity (Wildman–Crippen MR) is 256 cm³/mol. The normalized spacial score (nSPS) is 18.8. The first-order valence-corrected chi connectivity index (χ1v) is 25.8. The summed E-state index contributed by atoms with van der Waals surface area (Å²) in [6.07, 6.45) is 9.20. The van der Waals surface area contributed by atoms with Crippen molar-refractivity contribution in [3.05, 3.63) is 143 Å². The highest BCUT2D eigenvalue weighted by Gasteiger charge is 2.37. The van der Waals surface area contributed by atoms with Crippen LogP contribution >= 0.6 is 22.7 Å². The number of sulfonamides is 1. The van der Waals surface area contributed by atoms with E-state index in [4.69, 9.17) is 9.97 Å². The van der Waals surface area contributed by atoms with Crippen LogP contribution in [-0.2, 0) is 30.8 Å². The number of piperazine rings is 1. The van der Waals surface area contributed by atoms with Gasteiger partial charge in [-0.05, 0) is 59.1 Å². The lowest BCUT2D eigenvalue weighted by Gasteiger charge is -2.33. The van der Waals surface area contributed by atoms with E-state index in [0.717, 1.165) is 85.4 Å². The Bertz CT molecular complexity index is 2700. The van der Waals surface area contributed by atoms with Crippen LogP contribution < -0.4 is 5.32 Å². The van der Waals surface area contributed by atoms with Gasteiger partial charge in [-0.3, -0.25) is 14.4 Å². The highest BCUT2D eigenvalue weighted by atomic mass is 32.2. The van der Waals surface area contributed by atoms with Gasteiger partial charge in [-0.2, -0.15) is 4.31 Å². The highest BCUT2D eigenvalue weighted by Crippen LogP contribution is 2.40. The maximum absolute atomic E-state index is 14.4. The molecular formula is C50H53N7O5S3. The fourth-order valence-corrected chi connectivity index (χ4v) is 12.1. The average Bonchev–Trinajstić information content (AvgIpc) is 4.18. The topological polar surface area (TPSA) is 136 Å². The summed E-state index contributed by atoms with van der Waals surface area (Å²) in [5.41, 5.74) is 6.12. The summed E-state index contributed by atoms with van der Waals surface area (Å²) in [5, 5.41) is 4.91. The first kappa shape index (κ1) is 44.6. The Hall–Kier alpha value is -5.58. The van der Waals surface area contributed by atoms with Crippen LogP contribution in [0.4, 0.5) is 0 Å². The number of hydrogen-bond acceptors (Lipinski definition) is 10. The number of thiazole rings is 2. The van der Waals surface area contributed by atoms with Gasteiger partial charge in [0, 0.05) is 64.6 Å². The van der Waals surface area contributed by atoms with Crippen molar-refractivity contribution in [3.8, 4) is 32.0 Å². The number of carbonyl (C=O) groups is 3. The average molecular weight is 928 g/mol. The fraction of sp³-hybridized carbons (Fsp3) is 0.340. The van der Waals surface area contributed by atoms with Crippen molar-refractivity contribution in [2.45, 2.75) is 56.7 Å². The Morgan fingerprint density at radius 2 is 1.17 bits per heavy atom. The van der Waals surface area contributed by atoms with Gasteiger partial charge >= 0.3 is 0 Å². The number of amides is 3. The first-order valence-electron chi connectivity index (χ1n) is 22.4. The van der Waals surface area contributed by atoms with Crippen LogP contribution in [0.25, 0.3) is 32.0 Å². The van der Waals surface area contributed by atoms with Gasteiger partial charge in [0.15, 0.2) is 0 Å². The van der Waals surface area contributed by atoms with Crippen LogP contribution in [0.15, 0.2) is 122 Å². The van der Waals surface area contributed by atoms with Crippen molar-refractivity contribution in [2.24, 2.45) is 0 Å². The van der Waals surface area contributed by atoms with Crippen LogP contribution in [0.2, 0.25) is 0 Å². The molecule has 0 aliphatic carbocycles. The number of aromatic nitrogens is 2. The molecule has 6 aromatic rings. The molecule has 0 unspecified atom stereocenters. The molecule has 3 aliphatic heterocycles. The number of likely N-dealkylation sites (tertiary alicyclic amines) is 2. The quantitative estimate of drug-likeness (QED) is 0.116. The minimum atomic E-state index is -3.24. The number of nitrogens with zero attached hydrogens (tertiary/aromatic N) is 6. The molecule has 3 aliphatic rings. The van der Waals surface area contributed by atoms with Gasteiger partial charge < -0.3 is 20.0 Å². The van der Waals surface area contributed by atoms with E-state index < -0.39 is 16.1 Å². The smallest absolute Gasteiger partial charge is 0.250 e. The number of benzene rings is 4. The molecule has 0 radical (unpaired) electrons. The Labute approximate surface area is 389 Å². The molecule has 2 aromatic heterocycles. The monoisotopic (exact) mass is 927 g/mol. The molecule has 1 N–H and O–H groups in total. The lowest BCUT2D eigenvalue weighted by Crippen LogP contribution is -2.49. The van der Waals surface area contributed by atoms with E-state index in [0.29, 0.717) is 45.7 Å². The second-order valence-corrected chi connectivity index (χ2v) is 21.1. The van der Waals surface area contributed by atoms with E-state index in [9.17, 15) is 22.8 Å². The molecule has 0 bridgehead atoms. The molecule has 12 nitrogen and oxygen atoms in total. The lowest BCUT2D eigenvalue weighted by atomic mass is 10.0. The molecule has 0 spiro atoms. The predicted octanol–water partition coefficient (Wildman–Crippen LogP) is 8.00. The largest absolute Gasteiger partial charge is 0.340 e. The molecule has 3 fully saturated rings. The van der Waals surface area contributed by atoms with E-state index in [1.807, 2.05) is 82.9 Å². The maximum Gasteiger partial charge on any atom is 0.250 e. The van der Waals surface area contributed by atoms with Crippen LogP contribution in [0.1, 0.15) is 71.4 Å². The van der Waals surface area contributed by atoms with E-state index >= 15 is 0 Å². The van der Waals surface area contributed by atoms with Crippen LogP contribution in [0.3, 0.4) is 0 Å². The van der Waals surface area contributed by atoms with Crippen molar-refractivity contribution in [1.82, 2.24) is 34.3 Å². The summed E-state index contributed by atoms with van der Waals surface area (Å²) in [4.78, 5) is 58.8.